The van der Waals surface area contributed by atoms with Crippen molar-refractivity contribution in [3.8, 4) is 0 Å². The van der Waals surface area contributed by atoms with Crippen molar-refractivity contribution in [1.29, 1.82) is 0 Å². The van der Waals surface area contributed by atoms with Crippen molar-refractivity contribution >= 4 is 5.91 Å². The molecule has 1 amide bonds. The standard InChI is InChI=1S/C9H15N5O/c1-6(8-11-5-12-14-8)13-9(15)7-3-2-4-10-7/h5-7,10H,2-4H2,1H3,(H,13,15)(H,11,12,14). The van der Waals surface area contributed by atoms with Gasteiger partial charge in [-0.25, -0.2) is 4.98 Å². The van der Waals surface area contributed by atoms with Crippen molar-refractivity contribution in [2.45, 2.75) is 31.8 Å². The highest BCUT2D eigenvalue weighted by Gasteiger charge is 2.23. The van der Waals surface area contributed by atoms with Crippen LogP contribution in [0.4, 0.5) is 0 Å². The molecule has 0 spiro atoms. The quantitative estimate of drug-likeness (QED) is 0.640. The van der Waals surface area contributed by atoms with E-state index in [0.717, 1.165) is 19.4 Å². The Kier molecular flexibility index (Phi) is 2.96. The highest BCUT2D eigenvalue weighted by Crippen LogP contribution is 2.08. The second-order valence-electron chi connectivity index (χ2n) is 3.75. The summed E-state index contributed by atoms with van der Waals surface area (Å²) in [6.07, 6.45) is 3.41. The average molecular weight is 209 g/mol. The van der Waals surface area contributed by atoms with Crippen molar-refractivity contribution in [3.63, 3.8) is 0 Å². The van der Waals surface area contributed by atoms with E-state index in [1.807, 2.05) is 6.92 Å². The van der Waals surface area contributed by atoms with Gasteiger partial charge in [0.1, 0.15) is 12.2 Å². The summed E-state index contributed by atoms with van der Waals surface area (Å²) in [5.41, 5.74) is 0. The maximum atomic E-state index is 11.7. The summed E-state index contributed by atoms with van der Waals surface area (Å²) >= 11 is 0. The van der Waals surface area contributed by atoms with Gasteiger partial charge < -0.3 is 10.6 Å². The van der Waals surface area contributed by atoms with E-state index >= 15 is 0 Å². The fourth-order valence-corrected chi connectivity index (χ4v) is 1.71. The number of hydrogen-bond donors (Lipinski definition) is 3. The first-order valence-corrected chi connectivity index (χ1v) is 5.16. The second-order valence-corrected chi connectivity index (χ2v) is 3.75. The van der Waals surface area contributed by atoms with Gasteiger partial charge in [0.15, 0.2) is 0 Å². The molecule has 1 fully saturated rings. The van der Waals surface area contributed by atoms with Gasteiger partial charge in [-0.1, -0.05) is 0 Å². The van der Waals surface area contributed by atoms with Crippen molar-refractivity contribution in [1.82, 2.24) is 25.8 Å². The Balaban J connectivity index is 1.88. The molecule has 0 aromatic carbocycles. The first kappa shape index (κ1) is 10.1. The summed E-state index contributed by atoms with van der Waals surface area (Å²) in [7, 11) is 0. The van der Waals surface area contributed by atoms with E-state index in [1.54, 1.807) is 0 Å². The number of nitrogens with zero attached hydrogens (tertiary/aromatic N) is 2. The third-order valence-corrected chi connectivity index (χ3v) is 2.58. The van der Waals surface area contributed by atoms with Crippen molar-refractivity contribution < 1.29 is 4.79 Å². The molecule has 1 aromatic rings. The summed E-state index contributed by atoms with van der Waals surface area (Å²) in [5.74, 6) is 0.720. The van der Waals surface area contributed by atoms with Crippen LogP contribution in [0.3, 0.4) is 0 Å². The first-order valence-electron chi connectivity index (χ1n) is 5.16. The molecule has 82 valence electrons. The van der Waals surface area contributed by atoms with Gasteiger partial charge in [-0.05, 0) is 26.3 Å². The van der Waals surface area contributed by atoms with Gasteiger partial charge >= 0.3 is 0 Å². The van der Waals surface area contributed by atoms with E-state index in [4.69, 9.17) is 0 Å². The van der Waals surface area contributed by atoms with Gasteiger partial charge in [0.25, 0.3) is 0 Å². The zero-order valence-electron chi connectivity index (χ0n) is 8.66. The summed E-state index contributed by atoms with van der Waals surface area (Å²) in [5, 5.41) is 12.5. The van der Waals surface area contributed by atoms with Crippen LogP contribution in [-0.4, -0.2) is 33.7 Å². The lowest BCUT2D eigenvalue weighted by molar-refractivity contribution is -0.123. The van der Waals surface area contributed by atoms with Gasteiger partial charge in [-0.2, -0.15) is 5.10 Å². The third kappa shape index (κ3) is 2.33. The highest BCUT2D eigenvalue weighted by atomic mass is 16.2. The summed E-state index contributed by atoms with van der Waals surface area (Å²) in [6.45, 7) is 2.81. The number of rotatable bonds is 3. The van der Waals surface area contributed by atoms with Crippen molar-refractivity contribution in [3.05, 3.63) is 12.2 Å². The molecule has 6 heteroatoms. The van der Waals surface area contributed by atoms with Crippen LogP contribution in [0.1, 0.15) is 31.6 Å². The molecule has 2 rings (SSSR count). The monoisotopic (exact) mass is 209 g/mol. The molecular formula is C9H15N5O. The van der Waals surface area contributed by atoms with Gasteiger partial charge in [-0.15, -0.1) is 0 Å². The van der Waals surface area contributed by atoms with E-state index in [1.165, 1.54) is 6.33 Å². The molecule has 1 aliphatic heterocycles. The molecule has 1 saturated heterocycles. The van der Waals surface area contributed by atoms with E-state index in [2.05, 4.69) is 25.8 Å². The van der Waals surface area contributed by atoms with Gasteiger partial charge in [0.05, 0.1) is 12.1 Å². The summed E-state index contributed by atoms with van der Waals surface area (Å²) in [6, 6.07) is -0.169. The maximum absolute atomic E-state index is 11.7. The normalized spacial score (nSPS) is 22.6. The minimum absolute atomic E-state index is 0.0383. The highest BCUT2D eigenvalue weighted by molar-refractivity contribution is 5.82. The van der Waals surface area contributed by atoms with Gasteiger partial charge in [0.2, 0.25) is 5.91 Å². The molecule has 3 N–H and O–H groups in total. The minimum atomic E-state index is -0.123. The zero-order chi connectivity index (χ0) is 10.7. The molecule has 2 atom stereocenters. The lowest BCUT2D eigenvalue weighted by Crippen LogP contribution is -2.41. The molecule has 0 saturated carbocycles. The first-order chi connectivity index (χ1) is 7.27. The van der Waals surface area contributed by atoms with E-state index in [9.17, 15) is 4.79 Å². The number of nitrogens with one attached hydrogen (secondary N) is 3. The smallest absolute Gasteiger partial charge is 0.237 e. The number of H-pyrrole nitrogens is 1. The summed E-state index contributed by atoms with van der Waals surface area (Å²) < 4.78 is 0. The molecule has 15 heavy (non-hydrogen) atoms. The number of amides is 1. The number of hydrogen-bond acceptors (Lipinski definition) is 4. The molecule has 1 aliphatic rings. The number of aromatic amines is 1. The van der Waals surface area contributed by atoms with Crippen LogP contribution in [0.15, 0.2) is 6.33 Å². The molecule has 0 aliphatic carbocycles. The fraction of sp³-hybridized carbons (Fsp3) is 0.667. The van der Waals surface area contributed by atoms with Crippen LogP contribution in [0.5, 0.6) is 0 Å². The van der Waals surface area contributed by atoms with Gasteiger partial charge in [-0.3, -0.25) is 9.89 Å². The SMILES string of the molecule is CC(NC(=O)C1CCCN1)c1ncn[nH]1. The summed E-state index contributed by atoms with van der Waals surface area (Å²) in [4.78, 5) is 15.7. The average Bonchev–Trinajstić information content (AvgIpc) is 2.91. The van der Waals surface area contributed by atoms with Crippen LogP contribution >= 0.6 is 0 Å². The van der Waals surface area contributed by atoms with Crippen LogP contribution < -0.4 is 10.6 Å². The Morgan fingerprint density at radius 1 is 1.73 bits per heavy atom. The van der Waals surface area contributed by atoms with Crippen LogP contribution in [0.25, 0.3) is 0 Å². The molecule has 1 aromatic heterocycles. The van der Waals surface area contributed by atoms with Crippen molar-refractivity contribution in [2.24, 2.45) is 0 Å². The number of carbonyl (C=O) groups is 1. The minimum Gasteiger partial charge on any atom is -0.345 e. The van der Waals surface area contributed by atoms with E-state index in [-0.39, 0.29) is 18.0 Å². The Hall–Kier alpha value is -1.43. The van der Waals surface area contributed by atoms with Crippen LogP contribution in [0.2, 0.25) is 0 Å². The Bertz CT molecular complexity index is 317. The molecule has 0 bridgehead atoms. The second kappa shape index (κ2) is 4.39. The fourth-order valence-electron chi connectivity index (χ4n) is 1.71. The van der Waals surface area contributed by atoms with E-state index in [0.29, 0.717) is 5.82 Å². The largest absolute Gasteiger partial charge is 0.345 e. The number of aromatic nitrogens is 3. The number of carbonyl (C=O) groups excluding carboxylic acids is 1. The van der Waals surface area contributed by atoms with Gasteiger partial charge in [0, 0.05) is 0 Å². The Labute approximate surface area is 87.9 Å². The maximum Gasteiger partial charge on any atom is 0.237 e. The lowest BCUT2D eigenvalue weighted by atomic mass is 10.2. The molecule has 2 unspecified atom stereocenters. The third-order valence-electron chi connectivity index (χ3n) is 2.58. The lowest BCUT2D eigenvalue weighted by Gasteiger charge is -2.15. The predicted octanol–water partition coefficient (Wildman–Crippen LogP) is -0.266. The Morgan fingerprint density at radius 3 is 3.20 bits per heavy atom. The molecule has 2 heterocycles. The zero-order valence-corrected chi connectivity index (χ0v) is 8.66. The van der Waals surface area contributed by atoms with Crippen molar-refractivity contribution in [2.75, 3.05) is 6.54 Å². The predicted molar refractivity (Wildman–Crippen MR) is 54.0 cm³/mol. The molecule has 0 radical (unpaired) electrons. The topological polar surface area (TPSA) is 82.7 Å². The van der Waals surface area contributed by atoms with E-state index < -0.39 is 0 Å². The Morgan fingerprint density at radius 2 is 2.60 bits per heavy atom. The molecule has 6 nitrogen and oxygen atoms in total. The van der Waals surface area contributed by atoms with Crippen LogP contribution in [0, 0.1) is 0 Å². The van der Waals surface area contributed by atoms with Crippen LogP contribution in [-0.2, 0) is 4.79 Å². The molecular weight excluding hydrogens is 194 g/mol.